The molecule has 50 heavy (non-hydrogen) atoms. The van der Waals surface area contributed by atoms with Crippen LogP contribution in [0.2, 0.25) is 0 Å². The highest BCUT2D eigenvalue weighted by Gasteiger charge is 2.19. The lowest BCUT2D eigenvalue weighted by atomic mass is 10.0. The van der Waals surface area contributed by atoms with Crippen molar-refractivity contribution < 1.29 is 28.6 Å². The molecule has 0 aliphatic heterocycles. The van der Waals surface area contributed by atoms with Gasteiger partial charge in [-0.3, -0.25) is 14.4 Å². The Labute approximate surface area is 310 Å². The number of rotatable bonds is 39. The summed E-state index contributed by atoms with van der Waals surface area (Å²) < 4.78 is 16.6. The maximum Gasteiger partial charge on any atom is 0.306 e. The van der Waals surface area contributed by atoms with Crippen molar-refractivity contribution in [1.29, 1.82) is 0 Å². The molecule has 0 aromatic carbocycles. The average molecular weight is 709 g/mol. The van der Waals surface area contributed by atoms with Gasteiger partial charge in [-0.2, -0.15) is 0 Å². The zero-order valence-electron chi connectivity index (χ0n) is 33.9. The van der Waals surface area contributed by atoms with E-state index in [2.05, 4.69) is 27.7 Å². The third kappa shape index (κ3) is 37.7. The number of esters is 3. The molecule has 296 valence electrons. The van der Waals surface area contributed by atoms with Gasteiger partial charge in [-0.15, -0.1) is 0 Å². The van der Waals surface area contributed by atoms with Crippen LogP contribution in [0.15, 0.2) is 0 Å². The standard InChI is InChI=1S/C44H84O6/c1-5-7-9-11-12-13-14-15-16-17-18-19-20-21-22-23-29-33-37-44(47)50-41(38-48-42(45)35-31-26-10-8-6-2)39-49-43(46)36-32-28-25-24-27-30-34-40(3)4/h40-41H,5-39H2,1-4H3/t41-/m0/s1. The summed E-state index contributed by atoms with van der Waals surface area (Å²) >= 11 is 0. The van der Waals surface area contributed by atoms with Crippen LogP contribution in [-0.4, -0.2) is 37.2 Å². The number of carbonyl (C=O) groups excluding carboxylic acids is 3. The van der Waals surface area contributed by atoms with E-state index in [1.165, 1.54) is 128 Å². The van der Waals surface area contributed by atoms with Gasteiger partial charge in [-0.25, -0.2) is 0 Å². The van der Waals surface area contributed by atoms with Gasteiger partial charge >= 0.3 is 17.9 Å². The minimum atomic E-state index is -0.757. The van der Waals surface area contributed by atoms with Gasteiger partial charge in [0.15, 0.2) is 6.10 Å². The van der Waals surface area contributed by atoms with Crippen LogP contribution < -0.4 is 0 Å². The lowest BCUT2D eigenvalue weighted by Crippen LogP contribution is -2.30. The molecular formula is C44H84O6. The summed E-state index contributed by atoms with van der Waals surface area (Å²) in [4.78, 5) is 37.3. The van der Waals surface area contributed by atoms with E-state index >= 15 is 0 Å². The summed E-state index contributed by atoms with van der Waals surface area (Å²) in [5.74, 6) is -0.113. The van der Waals surface area contributed by atoms with Crippen LogP contribution in [0.5, 0.6) is 0 Å². The Morgan fingerprint density at radius 3 is 0.980 bits per heavy atom. The summed E-state index contributed by atoms with van der Waals surface area (Å²) in [5.41, 5.74) is 0. The summed E-state index contributed by atoms with van der Waals surface area (Å²) in [6.07, 6.45) is 37.1. The molecule has 0 aromatic heterocycles. The molecule has 0 unspecified atom stereocenters. The first kappa shape index (κ1) is 48.4. The summed E-state index contributed by atoms with van der Waals surface area (Å²) in [6.45, 7) is 8.84. The third-order valence-corrected chi connectivity index (χ3v) is 9.79. The van der Waals surface area contributed by atoms with E-state index in [-0.39, 0.29) is 31.1 Å². The van der Waals surface area contributed by atoms with Crippen LogP contribution in [0, 0.1) is 5.92 Å². The highest BCUT2D eigenvalue weighted by molar-refractivity contribution is 5.71. The lowest BCUT2D eigenvalue weighted by molar-refractivity contribution is -0.167. The molecule has 0 bridgehead atoms. The molecule has 0 aliphatic carbocycles. The van der Waals surface area contributed by atoms with E-state index in [1.54, 1.807) is 0 Å². The first-order valence-corrected chi connectivity index (χ1v) is 21.9. The summed E-state index contributed by atoms with van der Waals surface area (Å²) in [6, 6.07) is 0. The second kappa shape index (κ2) is 38.6. The van der Waals surface area contributed by atoms with Gasteiger partial charge in [0, 0.05) is 19.3 Å². The number of hydrogen-bond acceptors (Lipinski definition) is 6. The summed E-state index contributed by atoms with van der Waals surface area (Å²) in [7, 11) is 0. The zero-order chi connectivity index (χ0) is 36.8. The smallest absolute Gasteiger partial charge is 0.306 e. The molecular weight excluding hydrogens is 624 g/mol. The Morgan fingerprint density at radius 1 is 0.380 bits per heavy atom. The monoisotopic (exact) mass is 709 g/mol. The van der Waals surface area contributed by atoms with Gasteiger partial charge in [0.2, 0.25) is 0 Å². The molecule has 0 spiro atoms. The van der Waals surface area contributed by atoms with Gasteiger partial charge in [-0.05, 0) is 25.2 Å². The number of carbonyl (C=O) groups is 3. The second-order valence-electron chi connectivity index (χ2n) is 15.5. The molecule has 0 saturated heterocycles. The fourth-order valence-corrected chi connectivity index (χ4v) is 6.45. The van der Waals surface area contributed by atoms with Gasteiger partial charge in [0.05, 0.1) is 0 Å². The molecule has 0 aromatic rings. The van der Waals surface area contributed by atoms with Crippen LogP contribution in [0.25, 0.3) is 0 Å². The van der Waals surface area contributed by atoms with E-state index in [0.29, 0.717) is 19.3 Å². The van der Waals surface area contributed by atoms with Crippen molar-refractivity contribution in [2.24, 2.45) is 5.92 Å². The molecule has 0 aliphatic rings. The van der Waals surface area contributed by atoms with Gasteiger partial charge in [-0.1, -0.05) is 201 Å². The fraction of sp³-hybridized carbons (Fsp3) is 0.932. The van der Waals surface area contributed by atoms with Crippen LogP contribution in [0.1, 0.15) is 240 Å². The fourth-order valence-electron chi connectivity index (χ4n) is 6.45. The molecule has 0 saturated carbocycles. The van der Waals surface area contributed by atoms with E-state index < -0.39 is 6.10 Å². The third-order valence-electron chi connectivity index (χ3n) is 9.79. The van der Waals surface area contributed by atoms with Crippen LogP contribution in [0.3, 0.4) is 0 Å². The maximum atomic E-state index is 12.6. The van der Waals surface area contributed by atoms with Crippen molar-refractivity contribution in [2.75, 3.05) is 13.2 Å². The average Bonchev–Trinajstić information content (AvgIpc) is 3.09. The van der Waals surface area contributed by atoms with Crippen molar-refractivity contribution >= 4 is 17.9 Å². The molecule has 0 fully saturated rings. The van der Waals surface area contributed by atoms with Crippen molar-refractivity contribution in [3.05, 3.63) is 0 Å². The van der Waals surface area contributed by atoms with Crippen molar-refractivity contribution in [3.8, 4) is 0 Å². The normalized spacial score (nSPS) is 11.9. The minimum absolute atomic E-state index is 0.0668. The molecule has 6 heteroatoms. The van der Waals surface area contributed by atoms with Crippen LogP contribution >= 0.6 is 0 Å². The topological polar surface area (TPSA) is 78.9 Å². The maximum absolute atomic E-state index is 12.6. The van der Waals surface area contributed by atoms with Crippen molar-refractivity contribution in [3.63, 3.8) is 0 Å². The van der Waals surface area contributed by atoms with E-state index in [1.807, 2.05) is 0 Å². The quantitative estimate of drug-likeness (QED) is 0.0359. The molecule has 0 N–H and O–H groups in total. The zero-order valence-corrected chi connectivity index (χ0v) is 33.9. The van der Waals surface area contributed by atoms with Crippen molar-refractivity contribution in [2.45, 2.75) is 246 Å². The highest BCUT2D eigenvalue weighted by Crippen LogP contribution is 2.16. The Morgan fingerprint density at radius 2 is 0.660 bits per heavy atom. The first-order chi connectivity index (χ1) is 24.4. The van der Waals surface area contributed by atoms with Gasteiger partial charge in [0.25, 0.3) is 0 Å². The predicted octanol–water partition coefficient (Wildman–Crippen LogP) is 13.6. The number of ether oxygens (including phenoxy) is 3. The predicted molar refractivity (Wildman–Crippen MR) is 210 cm³/mol. The molecule has 0 heterocycles. The molecule has 1 atom stereocenters. The van der Waals surface area contributed by atoms with Gasteiger partial charge < -0.3 is 14.2 Å². The Hall–Kier alpha value is -1.59. The molecule has 0 radical (unpaired) electrons. The Balaban J connectivity index is 4.13. The molecule has 0 rings (SSSR count). The number of unbranched alkanes of at least 4 members (excludes halogenated alkanes) is 26. The molecule has 0 amide bonds. The van der Waals surface area contributed by atoms with Crippen LogP contribution in [-0.2, 0) is 28.6 Å². The largest absolute Gasteiger partial charge is 0.462 e. The van der Waals surface area contributed by atoms with E-state index in [0.717, 1.165) is 70.1 Å². The van der Waals surface area contributed by atoms with Crippen LogP contribution in [0.4, 0.5) is 0 Å². The van der Waals surface area contributed by atoms with Gasteiger partial charge in [0.1, 0.15) is 13.2 Å². The highest BCUT2D eigenvalue weighted by atomic mass is 16.6. The Bertz CT molecular complexity index is 751. The first-order valence-electron chi connectivity index (χ1n) is 21.9. The molecule has 6 nitrogen and oxygen atoms in total. The number of hydrogen-bond donors (Lipinski definition) is 0. The van der Waals surface area contributed by atoms with E-state index in [4.69, 9.17) is 14.2 Å². The van der Waals surface area contributed by atoms with Crippen molar-refractivity contribution in [1.82, 2.24) is 0 Å². The second-order valence-corrected chi connectivity index (χ2v) is 15.5. The Kier molecular flexibility index (Phi) is 37.4. The summed E-state index contributed by atoms with van der Waals surface area (Å²) in [5, 5.41) is 0. The SMILES string of the molecule is CCCCCCCCCCCCCCCCCCCCC(=O)O[C@@H](COC(=O)CCCCCCC)COC(=O)CCCCCCCCC(C)C. The van der Waals surface area contributed by atoms with E-state index in [9.17, 15) is 14.4 Å². The minimum Gasteiger partial charge on any atom is -0.462 e. The lowest BCUT2D eigenvalue weighted by Gasteiger charge is -2.18.